The van der Waals surface area contributed by atoms with Gasteiger partial charge in [0, 0.05) is 52.9 Å². The summed E-state index contributed by atoms with van der Waals surface area (Å²) in [6.07, 6.45) is 1.79. The average Bonchev–Trinajstić information content (AvgIpc) is 3.55. The Balaban J connectivity index is 1.13. The summed E-state index contributed by atoms with van der Waals surface area (Å²) in [5, 5.41) is 16.3. The van der Waals surface area contributed by atoms with Gasteiger partial charge in [0.15, 0.2) is 5.69 Å². The van der Waals surface area contributed by atoms with E-state index in [0.717, 1.165) is 37.5 Å². The van der Waals surface area contributed by atoms with Crippen LogP contribution in [0.1, 0.15) is 44.9 Å². The molecule has 0 spiro atoms. The van der Waals surface area contributed by atoms with Crippen LogP contribution in [0.3, 0.4) is 0 Å². The monoisotopic (exact) mass is 459 g/mol. The number of carbonyl (C=O) groups excluding carboxylic acids is 2. The lowest BCUT2D eigenvalue weighted by Crippen LogP contribution is -2.47. The Bertz CT molecular complexity index is 1300. The Morgan fingerprint density at radius 2 is 1.74 bits per heavy atom. The minimum Gasteiger partial charge on any atom is -0.571 e. The van der Waals surface area contributed by atoms with Crippen molar-refractivity contribution in [1.29, 1.82) is 0 Å². The maximum absolute atomic E-state index is 13.0. The quantitative estimate of drug-likeness (QED) is 0.320. The van der Waals surface area contributed by atoms with E-state index in [0.29, 0.717) is 41.1 Å². The highest BCUT2D eigenvalue weighted by Crippen LogP contribution is 2.38. The summed E-state index contributed by atoms with van der Waals surface area (Å²) in [5.74, 6) is 0.203. The fourth-order valence-electron chi connectivity index (χ4n) is 5.71. The highest BCUT2D eigenvalue weighted by molar-refractivity contribution is 6.26. The molecule has 9 nitrogen and oxygen atoms in total. The maximum Gasteiger partial charge on any atom is 0.220 e. The van der Waals surface area contributed by atoms with Crippen molar-refractivity contribution in [2.45, 2.75) is 31.5 Å². The van der Waals surface area contributed by atoms with Gasteiger partial charge in [0.2, 0.25) is 17.3 Å². The summed E-state index contributed by atoms with van der Waals surface area (Å²) in [5.41, 5.74) is 1.82. The fraction of sp³-hybridized carbons (Fsp3) is 0.360. The molecule has 0 radical (unpaired) electrons. The molecule has 3 heterocycles. The largest absolute Gasteiger partial charge is 0.571 e. The van der Waals surface area contributed by atoms with Crippen molar-refractivity contribution in [2.24, 2.45) is 0 Å². The Hall–Kier alpha value is -3.72. The van der Waals surface area contributed by atoms with Crippen molar-refractivity contribution < 1.29 is 19.3 Å². The molecule has 0 amide bonds. The summed E-state index contributed by atoms with van der Waals surface area (Å²) < 4.78 is 6.85. The van der Waals surface area contributed by atoms with E-state index in [-0.39, 0.29) is 23.0 Å². The van der Waals surface area contributed by atoms with Gasteiger partial charge in [0.1, 0.15) is 5.75 Å². The van der Waals surface area contributed by atoms with Gasteiger partial charge in [-0.2, -0.15) is 0 Å². The Labute approximate surface area is 196 Å². The number of hydrogen-bond donors (Lipinski definition) is 0. The smallest absolute Gasteiger partial charge is 0.220 e. The number of carbonyl (C=O) groups is 2. The lowest BCUT2D eigenvalue weighted by atomic mass is 9.90. The van der Waals surface area contributed by atoms with Gasteiger partial charge in [-0.1, -0.05) is 36.4 Å². The summed E-state index contributed by atoms with van der Waals surface area (Å²) >= 11 is 0. The summed E-state index contributed by atoms with van der Waals surface area (Å²) in [7, 11) is 1.70. The molecule has 2 aliphatic heterocycles. The van der Waals surface area contributed by atoms with Crippen LogP contribution in [0.4, 0.5) is 5.69 Å². The first-order chi connectivity index (χ1) is 16.6. The normalized spacial score (nSPS) is 21.1. The number of hydrogen-bond acceptors (Lipinski definition) is 7. The maximum atomic E-state index is 13.0. The molecule has 1 aliphatic carbocycles. The van der Waals surface area contributed by atoms with Crippen LogP contribution in [-0.2, 0) is 6.54 Å². The first-order valence-corrected chi connectivity index (χ1v) is 11.6. The standard InChI is InChI=1S/C25H25N5O4/c1-34-21-10-5-4-9-20(21)28-15-16-13-17(28)14-27(16)11-6-12-29-23-22(26-30(29)33)24(31)18-7-2-3-8-19(18)25(23)32/h2-5,7-10,16-17H,6,11-15H2,1H3. The number of methoxy groups -OCH3 is 1. The predicted molar refractivity (Wildman–Crippen MR) is 123 cm³/mol. The van der Waals surface area contributed by atoms with Gasteiger partial charge >= 0.3 is 0 Å². The van der Waals surface area contributed by atoms with Gasteiger partial charge in [-0.25, -0.2) is 0 Å². The molecule has 174 valence electrons. The van der Waals surface area contributed by atoms with Crippen LogP contribution in [0.2, 0.25) is 0 Å². The Morgan fingerprint density at radius 1 is 1.00 bits per heavy atom. The molecule has 9 heteroatoms. The second-order valence-corrected chi connectivity index (χ2v) is 9.09. The summed E-state index contributed by atoms with van der Waals surface area (Å²) in [6, 6.07) is 15.6. The van der Waals surface area contributed by atoms with Crippen molar-refractivity contribution in [1.82, 2.24) is 14.7 Å². The number of nitrogens with zero attached hydrogens (tertiary/aromatic N) is 5. The second kappa shape index (κ2) is 7.95. The predicted octanol–water partition coefficient (Wildman–Crippen LogP) is 1.65. The number of likely N-dealkylation sites (tertiary alicyclic amines) is 1. The van der Waals surface area contributed by atoms with E-state index >= 15 is 0 Å². The Morgan fingerprint density at radius 3 is 2.47 bits per heavy atom. The first kappa shape index (κ1) is 20.9. The van der Waals surface area contributed by atoms with Gasteiger partial charge in [-0.05, 0) is 25.0 Å². The van der Waals surface area contributed by atoms with E-state index in [1.54, 1.807) is 31.4 Å². The number of aromatic nitrogens is 3. The van der Waals surface area contributed by atoms with Crippen molar-refractivity contribution in [3.8, 4) is 5.75 Å². The lowest BCUT2D eigenvalue weighted by molar-refractivity contribution is -0.749. The zero-order valence-electron chi connectivity index (χ0n) is 18.9. The van der Waals surface area contributed by atoms with Crippen LogP contribution in [0.15, 0.2) is 48.5 Å². The molecule has 2 saturated heterocycles. The molecule has 2 fully saturated rings. The Kier molecular flexibility index (Phi) is 4.88. The molecule has 3 aliphatic rings. The highest BCUT2D eigenvalue weighted by Gasteiger charge is 2.44. The van der Waals surface area contributed by atoms with Crippen molar-refractivity contribution in [2.75, 3.05) is 31.6 Å². The number of para-hydroxylation sites is 2. The van der Waals surface area contributed by atoms with Crippen LogP contribution in [0, 0.1) is 5.21 Å². The van der Waals surface area contributed by atoms with E-state index in [4.69, 9.17) is 4.74 Å². The molecular weight excluding hydrogens is 434 g/mol. The van der Waals surface area contributed by atoms with Crippen molar-refractivity contribution >= 4 is 17.3 Å². The van der Waals surface area contributed by atoms with Gasteiger partial charge in [-0.15, -0.1) is 4.68 Å². The van der Waals surface area contributed by atoms with Crippen molar-refractivity contribution in [3.63, 3.8) is 0 Å². The second-order valence-electron chi connectivity index (χ2n) is 9.09. The number of benzene rings is 2. The number of ether oxygens (including phenoxy) is 1. The number of rotatable bonds is 6. The zero-order chi connectivity index (χ0) is 23.4. The molecule has 2 atom stereocenters. The minimum absolute atomic E-state index is 0.0496. The summed E-state index contributed by atoms with van der Waals surface area (Å²) in [6.45, 7) is 3.04. The average molecular weight is 460 g/mol. The molecule has 0 saturated carbocycles. The third-order valence-electron chi connectivity index (χ3n) is 7.28. The van der Waals surface area contributed by atoms with Gasteiger partial charge in [0.25, 0.3) is 0 Å². The molecule has 6 rings (SSSR count). The van der Waals surface area contributed by atoms with Gasteiger partial charge in [-0.3, -0.25) is 14.5 Å². The van der Waals surface area contributed by atoms with Gasteiger partial charge in [0.05, 0.1) is 19.3 Å². The molecular formula is C25H25N5O4. The minimum atomic E-state index is -0.373. The first-order valence-electron chi connectivity index (χ1n) is 11.6. The lowest BCUT2D eigenvalue weighted by Gasteiger charge is -2.36. The number of anilines is 1. The van der Waals surface area contributed by atoms with Gasteiger partial charge < -0.3 is 14.8 Å². The van der Waals surface area contributed by atoms with Crippen LogP contribution >= 0.6 is 0 Å². The fourth-order valence-corrected chi connectivity index (χ4v) is 5.71. The number of fused-ring (bicyclic) bond motifs is 4. The molecule has 2 bridgehead atoms. The SMILES string of the molecule is COc1ccccc1N1CC2CC1CN2CCCn1c2c(n[n+]1[O-])C(=O)c1ccccc1C2=O. The summed E-state index contributed by atoms with van der Waals surface area (Å²) in [4.78, 5) is 31.1. The van der Waals surface area contributed by atoms with Crippen LogP contribution in [0.25, 0.3) is 0 Å². The number of ketones is 2. The third kappa shape index (κ3) is 3.11. The molecule has 1 aromatic heterocycles. The van der Waals surface area contributed by atoms with Crippen LogP contribution < -0.4 is 14.6 Å². The van der Waals surface area contributed by atoms with Crippen molar-refractivity contribution in [3.05, 3.63) is 76.3 Å². The third-order valence-corrected chi connectivity index (χ3v) is 7.28. The number of piperazine rings is 1. The molecule has 34 heavy (non-hydrogen) atoms. The van der Waals surface area contributed by atoms with Crippen LogP contribution in [-0.4, -0.2) is 65.1 Å². The molecule has 2 aromatic carbocycles. The van der Waals surface area contributed by atoms with E-state index in [1.165, 1.54) is 4.68 Å². The molecule has 3 aromatic rings. The molecule has 2 unspecified atom stereocenters. The van der Waals surface area contributed by atoms with Crippen LogP contribution in [0.5, 0.6) is 5.75 Å². The zero-order valence-corrected chi connectivity index (χ0v) is 18.9. The highest BCUT2D eigenvalue weighted by atomic mass is 16.5. The van der Waals surface area contributed by atoms with E-state index in [9.17, 15) is 14.8 Å². The topological polar surface area (TPSA) is 94.6 Å². The molecule has 0 N–H and O–H groups in total. The van der Waals surface area contributed by atoms with E-state index in [1.807, 2.05) is 18.2 Å². The van der Waals surface area contributed by atoms with E-state index < -0.39 is 0 Å². The van der Waals surface area contributed by atoms with E-state index in [2.05, 4.69) is 21.0 Å².